The molecular formula is C9H20O3. The summed E-state index contributed by atoms with van der Waals surface area (Å²) >= 11 is 0. The zero-order valence-electron chi connectivity index (χ0n) is 7.99. The van der Waals surface area contributed by atoms with Crippen LogP contribution in [0.25, 0.3) is 0 Å². The number of hydrogen-bond donors (Lipinski definition) is 2. The summed E-state index contributed by atoms with van der Waals surface area (Å²) in [7, 11) is 0. The second-order valence-corrected chi connectivity index (χ2v) is 3.06. The number of hydrogen-bond acceptors (Lipinski definition) is 3. The van der Waals surface area contributed by atoms with Crippen LogP contribution in [0, 0.1) is 0 Å². The molecule has 3 nitrogen and oxygen atoms in total. The van der Waals surface area contributed by atoms with Gasteiger partial charge in [-0.1, -0.05) is 26.2 Å². The first-order valence-electron chi connectivity index (χ1n) is 4.66. The zero-order chi connectivity index (χ0) is 9.40. The molecule has 0 aromatic rings. The van der Waals surface area contributed by atoms with Crippen molar-refractivity contribution in [2.24, 2.45) is 0 Å². The number of aliphatic hydroxyl groups excluding tert-OH is 2. The monoisotopic (exact) mass is 176 g/mol. The Bertz CT molecular complexity index is 93.8. The van der Waals surface area contributed by atoms with Gasteiger partial charge in [-0.3, -0.25) is 0 Å². The van der Waals surface area contributed by atoms with Crippen molar-refractivity contribution in [2.75, 3.05) is 6.61 Å². The minimum absolute atomic E-state index is 0.534. The molecule has 2 N–H and O–H groups in total. The Morgan fingerprint density at radius 1 is 1.17 bits per heavy atom. The smallest absolute Gasteiger partial charge is 0.180 e. The topological polar surface area (TPSA) is 49.7 Å². The predicted octanol–water partition coefficient (Wildman–Crippen LogP) is 1.28. The second-order valence-electron chi connectivity index (χ2n) is 3.06. The summed E-state index contributed by atoms with van der Waals surface area (Å²) in [5.74, 6) is 0. The van der Waals surface area contributed by atoms with Crippen LogP contribution in [0.5, 0.6) is 0 Å². The molecule has 2 unspecified atom stereocenters. The molecule has 0 radical (unpaired) electrons. The molecule has 0 bridgehead atoms. The Morgan fingerprint density at radius 2 is 1.83 bits per heavy atom. The molecule has 0 amide bonds. The van der Waals surface area contributed by atoms with E-state index in [0.29, 0.717) is 6.61 Å². The predicted molar refractivity (Wildman–Crippen MR) is 47.8 cm³/mol. The van der Waals surface area contributed by atoms with Gasteiger partial charge < -0.3 is 14.9 Å². The van der Waals surface area contributed by atoms with Crippen molar-refractivity contribution in [1.29, 1.82) is 0 Å². The average Bonchev–Trinajstić information content (AvgIpc) is 2.03. The van der Waals surface area contributed by atoms with Gasteiger partial charge in [-0.05, 0) is 13.3 Å². The molecule has 0 aliphatic rings. The van der Waals surface area contributed by atoms with E-state index < -0.39 is 12.4 Å². The van der Waals surface area contributed by atoms with Gasteiger partial charge in [0.2, 0.25) is 0 Å². The van der Waals surface area contributed by atoms with Crippen LogP contribution in [0.3, 0.4) is 0 Å². The Morgan fingerprint density at radius 3 is 2.33 bits per heavy atom. The lowest BCUT2D eigenvalue weighted by molar-refractivity contribution is -0.156. The lowest BCUT2D eigenvalue weighted by atomic mass is 10.2. The van der Waals surface area contributed by atoms with Crippen molar-refractivity contribution in [1.82, 2.24) is 0 Å². The van der Waals surface area contributed by atoms with Crippen LogP contribution in [0.4, 0.5) is 0 Å². The van der Waals surface area contributed by atoms with Gasteiger partial charge in [0, 0.05) is 6.61 Å². The van der Waals surface area contributed by atoms with Crippen LogP contribution < -0.4 is 0 Å². The van der Waals surface area contributed by atoms with Gasteiger partial charge in [-0.2, -0.15) is 0 Å². The van der Waals surface area contributed by atoms with E-state index in [0.717, 1.165) is 12.8 Å². The fourth-order valence-electron chi connectivity index (χ4n) is 0.872. The molecule has 0 rings (SSSR count). The molecule has 0 saturated carbocycles. The standard InChI is InChI=1S/C9H20O3/c1-3-4-5-6-7-12-9(11)8(2)10/h8-11H,3-7H2,1-2H3. The number of aliphatic hydroxyl groups is 2. The summed E-state index contributed by atoms with van der Waals surface area (Å²) in [4.78, 5) is 0. The van der Waals surface area contributed by atoms with Crippen molar-refractivity contribution in [3.05, 3.63) is 0 Å². The highest BCUT2D eigenvalue weighted by Gasteiger charge is 2.09. The summed E-state index contributed by atoms with van der Waals surface area (Å²) in [6.45, 7) is 4.19. The van der Waals surface area contributed by atoms with Gasteiger partial charge in [0.25, 0.3) is 0 Å². The molecule has 0 aromatic heterocycles. The van der Waals surface area contributed by atoms with Gasteiger partial charge in [0.1, 0.15) is 6.10 Å². The third-order valence-corrected chi connectivity index (χ3v) is 1.70. The lowest BCUT2D eigenvalue weighted by Crippen LogP contribution is -2.25. The van der Waals surface area contributed by atoms with E-state index in [1.807, 2.05) is 0 Å². The fraction of sp³-hybridized carbons (Fsp3) is 1.00. The maximum absolute atomic E-state index is 9.01. The molecule has 12 heavy (non-hydrogen) atoms. The van der Waals surface area contributed by atoms with E-state index in [1.54, 1.807) is 0 Å². The normalized spacial score (nSPS) is 16.0. The van der Waals surface area contributed by atoms with Gasteiger partial charge in [-0.15, -0.1) is 0 Å². The molecular weight excluding hydrogens is 156 g/mol. The van der Waals surface area contributed by atoms with Crippen LogP contribution >= 0.6 is 0 Å². The molecule has 0 heterocycles. The first-order chi connectivity index (χ1) is 5.68. The minimum Gasteiger partial charge on any atom is -0.388 e. The van der Waals surface area contributed by atoms with Crippen LogP contribution in [-0.4, -0.2) is 29.2 Å². The summed E-state index contributed by atoms with van der Waals surface area (Å²) in [5.41, 5.74) is 0. The zero-order valence-corrected chi connectivity index (χ0v) is 7.99. The van der Waals surface area contributed by atoms with E-state index in [9.17, 15) is 0 Å². The molecule has 0 spiro atoms. The average molecular weight is 176 g/mol. The SMILES string of the molecule is CCCCCCOC(O)C(C)O. The molecule has 0 aliphatic carbocycles. The first-order valence-corrected chi connectivity index (χ1v) is 4.66. The Labute approximate surface area is 74.4 Å². The highest BCUT2D eigenvalue weighted by atomic mass is 16.6. The summed E-state index contributed by atoms with van der Waals surface area (Å²) in [6.07, 6.45) is 2.66. The molecule has 0 aromatic carbocycles. The molecule has 0 aliphatic heterocycles. The van der Waals surface area contributed by atoms with Gasteiger partial charge in [-0.25, -0.2) is 0 Å². The van der Waals surface area contributed by atoms with Gasteiger partial charge >= 0.3 is 0 Å². The third kappa shape index (κ3) is 6.58. The van der Waals surface area contributed by atoms with Crippen LogP contribution in [0.2, 0.25) is 0 Å². The van der Waals surface area contributed by atoms with Crippen LogP contribution in [0.1, 0.15) is 39.5 Å². The minimum atomic E-state index is -1.02. The molecule has 0 fully saturated rings. The van der Waals surface area contributed by atoms with E-state index in [-0.39, 0.29) is 0 Å². The van der Waals surface area contributed by atoms with Crippen molar-refractivity contribution < 1.29 is 14.9 Å². The molecule has 2 atom stereocenters. The van der Waals surface area contributed by atoms with Gasteiger partial charge in [0.15, 0.2) is 6.29 Å². The maximum Gasteiger partial charge on any atom is 0.180 e. The quantitative estimate of drug-likeness (QED) is 0.454. The number of rotatable bonds is 7. The van der Waals surface area contributed by atoms with Crippen molar-refractivity contribution in [3.63, 3.8) is 0 Å². The largest absolute Gasteiger partial charge is 0.388 e. The summed E-state index contributed by atoms with van der Waals surface area (Å²) in [5, 5.41) is 17.9. The summed E-state index contributed by atoms with van der Waals surface area (Å²) in [6, 6.07) is 0. The van der Waals surface area contributed by atoms with Crippen molar-refractivity contribution in [3.8, 4) is 0 Å². The highest BCUT2D eigenvalue weighted by molar-refractivity contribution is 4.49. The number of unbranched alkanes of at least 4 members (excludes halogenated alkanes) is 3. The summed E-state index contributed by atoms with van der Waals surface area (Å²) < 4.78 is 4.96. The second kappa shape index (κ2) is 7.53. The number of ether oxygens (including phenoxy) is 1. The maximum atomic E-state index is 9.01. The molecule has 3 heteroatoms. The van der Waals surface area contributed by atoms with Crippen LogP contribution in [-0.2, 0) is 4.74 Å². The Hall–Kier alpha value is -0.120. The Balaban J connectivity index is 3.08. The fourth-order valence-corrected chi connectivity index (χ4v) is 0.872. The van der Waals surface area contributed by atoms with E-state index in [2.05, 4.69) is 6.92 Å². The van der Waals surface area contributed by atoms with Gasteiger partial charge in [0.05, 0.1) is 0 Å². The molecule has 74 valence electrons. The van der Waals surface area contributed by atoms with Crippen molar-refractivity contribution in [2.45, 2.75) is 51.9 Å². The third-order valence-electron chi connectivity index (χ3n) is 1.70. The van der Waals surface area contributed by atoms with E-state index in [1.165, 1.54) is 19.8 Å². The van der Waals surface area contributed by atoms with E-state index in [4.69, 9.17) is 14.9 Å². The Kier molecular flexibility index (Phi) is 7.45. The molecule has 0 saturated heterocycles. The lowest BCUT2D eigenvalue weighted by Gasteiger charge is -2.13. The highest BCUT2D eigenvalue weighted by Crippen LogP contribution is 2.01. The van der Waals surface area contributed by atoms with Crippen molar-refractivity contribution >= 4 is 0 Å². The van der Waals surface area contributed by atoms with Crippen LogP contribution in [0.15, 0.2) is 0 Å². The first kappa shape index (κ1) is 11.9. The van der Waals surface area contributed by atoms with E-state index >= 15 is 0 Å².